The molecule has 0 bridgehead atoms. The number of rotatable bonds is 9. The first kappa shape index (κ1) is 16.5. The molecule has 1 aliphatic carbocycles. The van der Waals surface area contributed by atoms with Crippen LogP contribution in [-0.4, -0.2) is 64.2 Å². The molecular weight excluding hydrogens is 270 g/mol. The first-order valence-corrected chi connectivity index (χ1v) is 7.99. The van der Waals surface area contributed by atoms with E-state index in [-0.39, 0.29) is 12.0 Å². The van der Waals surface area contributed by atoms with Crippen molar-refractivity contribution >= 4 is 5.96 Å². The van der Waals surface area contributed by atoms with Crippen molar-refractivity contribution in [1.29, 1.82) is 0 Å². The molecule has 1 unspecified atom stereocenters. The Morgan fingerprint density at radius 2 is 2.29 bits per heavy atom. The Bertz CT molecular complexity index is 326. The van der Waals surface area contributed by atoms with Crippen molar-refractivity contribution in [3.8, 4) is 0 Å². The molecule has 1 saturated heterocycles. The highest BCUT2D eigenvalue weighted by atomic mass is 16.5. The highest BCUT2D eigenvalue weighted by Gasteiger charge is 2.34. The van der Waals surface area contributed by atoms with Gasteiger partial charge in [0.1, 0.15) is 0 Å². The van der Waals surface area contributed by atoms with E-state index in [0.29, 0.717) is 13.2 Å². The van der Waals surface area contributed by atoms with E-state index in [9.17, 15) is 5.11 Å². The Morgan fingerprint density at radius 3 is 2.90 bits per heavy atom. The molecule has 0 spiro atoms. The Hall–Kier alpha value is -0.850. The summed E-state index contributed by atoms with van der Waals surface area (Å²) in [4.78, 5) is 4.22. The number of nitrogens with one attached hydrogen (secondary N) is 2. The monoisotopic (exact) mass is 299 g/mol. The molecule has 1 atom stereocenters. The van der Waals surface area contributed by atoms with E-state index in [1.807, 2.05) is 0 Å². The number of ether oxygens (including phenoxy) is 2. The largest absolute Gasteiger partial charge is 0.396 e. The third-order valence-corrected chi connectivity index (χ3v) is 4.27. The van der Waals surface area contributed by atoms with E-state index < -0.39 is 0 Å². The summed E-state index contributed by atoms with van der Waals surface area (Å²) in [5, 5.41) is 15.8. The number of aliphatic hydroxyl groups excluding tert-OH is 1. The van der Waals surface area contributed by atoms with Gasteiger partial charge in [-0.2, -0.15) is 0 Å². The number of aliphatic hydroxyl groups is 1. The van der Waals surface area contributed by atoms with Crippen molar-refractivity contribution in [2.45, 2.75) is 25.7 Å². The maximum atomic E-state index is 9.22. The van der Waals surface area contributed by atoms with E-state index in [1.165, 1.54) is 12.8 Å². The van der Waals surface area contributed by atoms with Gasteiger partial charge in [-0.1, -0.05) is 0 Å². The molecule has 2 rings (SSSR count). The van der Waals surface area contributed by atoms with E-state index >= 15 is 0 Å². The van der Waals surface area contributed by atoms with Crippen LogP contribution in [0.2, 0.25) is 0 Å². The lowest BCUT2D eigenvalue weighted by atomic mass is 9.84. The Morgan fingerprint density at radius 1 is 1.43 bits per heavy atom. The van der Waals surface area contributed by atoms with Crippen molar-refractivity contribution < 1.29 is 14.6 Å². The Kier molecular flexibility index (Phi) is 6.73. The lowest BCUT2D eigenvalue weighted by molar-refractivity contribution is 0.126. The average Bonchev–Trinajstić information content (AvgIpc) is 3.21. The molecule has 2 aliphatic rings. The number of hydrogen-bond acceptors (Lipinski definition) is 4. The van der Waals surface area contributed by atoms with Gasteiger partial charge in [-0.05, 0) is 31.6 Å². The second-order valence-corrected chi connectivity index (χ2v) is 6.15. The minimum atomic E-state index is 0.0366. The van der Waals surface area contributed by atoms with Crippen LogP contribution in [-0.2, 0) is 9.47 Å². The van der Waals surface area contributed by atoms with Crippen LogP contribution in [0.3, 0.4) is 0 Å². The SMILES string of the molecule is CN=C(NCCOCC1CC1)NCC1(CCO)CCOC1. The van der Waals surface area contributed by atoms with Gasteiger partial charge in [0, 0.05) is 45.4 Å². The molecule has 0 radical (unpaired) electrons. The zero-order chi connectivity index (χ0) is 15.0. The molecule has 1 heterocycles. The van der Waals surface area contributed by atoms with Crippen molar-refractivity contribution in [2.75, 3.05) is 53.2 Å². The van der Waals surface area contributed by atoms with Gasteiger partial charge >= 0.3 is 0 Å². The molecule has 2 fully saturated rings. The van der Waals surface area contributed by atoms with Crippen LogP contribution >= 0.6 is 0 Å². The van der Waals surface area contributed by atoms with Crippen LogP contribution in [0.4, 0.5) is 0 Å². The smallest absolute Gasteiger partial charge is 0.191 e. The molecular formula is C15H29N3O3. The molecule has 122 valence electrons. The van der Waals surface area contributed by atoms with Gasteiger partial charge in [-0.3, -0.25) is 4.99 Å². The fourth-order valence-electron chi connectivity index (χ4n) is 2.58. The third kappa shape index (κ3) is 5.80. The van der Waals surface area contributed by atoms with E-state index in [2.05, 4.69) is 15.6 Å². The lowest BCUT2D eigenvalue weighted by Gasteiger charge is -2.27. The van der Waals surface area contributed by atoms with Gasteiger partial charge in [-0.25, -0.2) is 0 Å². The Balaban J connectivity index is 1.61. The molecule has 1 aliphatic heterocycles. The zero-order valence-corrected chi connectivity index (χ0v) is 13.1. The maximum Gasteiger partial charge on any atom is 0.191 e. The lowest BCUT2D eigenvalue weighted by Crippen LogP contribution is -2.45. The Labute approximate surface area is 127 Å². The van der Waals surface area contributed by atoms with Crippen molar-refractivity contribution in [2.24, 2.45) is 16.3 Å². The van der Waals surface area contributed by atoms with Crippen LogP contribution in [0.15, 0.2) is 4.99 Å². The van der Waals surface area contributed by atoms with Crippen molar-refractivity contribution in [1.82, 2.24) is 10.6 Å². The highest BCUT2D eigenvalue weighted by molar-refractivity contribution is 5.79. The van der Waals surface area contributed by atoms with Crippen LogP contribution in [0.25, 0.3) is 0 Å². The predicted molar refractivity (Wildman–Crippen MR) is 82.5 cm³/mol. The molecule has 1 saturated carbocycles. The van der Waals surface area contributed by atoms with Gasteiger partial charge in [0.05, 0.1) is 13.2 Å². The summed E-state index contributed by atoms with van der Waals surface area (Å²) in [7, 11) is 1.77. The molecule has 0 amide bonds. The second-order valence-electron chi connectivity index (χ2n) is 6.15. The van der Waals surface area contributed by atoms with E-state index in [0.717, 1.165) is 51.0 Å². The summed E-state index contributed by atoms with van der Waals surface area (Å²) in [5.74, 6) is 1.59. The molecule has 0 aromatic carbocycles. The molecule has 0 aromatic heterocycles. The number of guanidine groups is 1. The quantitative estimate of drug-likeness (QED) is 0.326. The normalized spacial score (nSPS) is 26.1. The molecule has 0 aromatic rings. The fourth-order valence-corrected chi connectivity index (χ4v) is 2.58. The summed E-state index contributed by atoms with van der Waals surface area (Å²) in [6.45, 7) is 4.83. The summed E-state index contributed by atoms with van der Waals surface area (Å²) in [6, 6.07) is 0. The number of aliphatic imine (C=N–C) groups is 1. The maximum absolute atomic E-state index is 9.22. The van der Waals surface area contributed by atoms with Gasteiger partial charge in [0.15, 0.2) is 5.96 Å². The third-order valence-electron chi connectivity index (χ3n) is 4.27. The van der Waals surface area contributed by atoms with Gasteiger partial charge in [0.2, 0.25) is 0 Å². The molecule has 6 heteroatoms. The van der Waals surface area contributed by atoms with Gasteiger partial charge in [-0.15, -0.1) is 0 Å². The number of hydrogen-bond donors (Lipinski definition) is 3. The van der Waals surface area contributed by atoms with Crippen LogP contribution in [0, 0.1) is 11.3 Å². The van der Waals surface area contributed by atoms with Gasteiger partial charge in [0.25, 0.3) is 0 Å². The second kappa shape index (κ2) is 8.56. The first-order chi connectivity index (χ1) is 10.3. The minimum Gasteiger partial charge on any atom is -0.396 e. The fraction of sp³-hybridized carbons (Fsp3) is 0.933. The van der Waals surface area contributed by atoms with Gasteiger partial charge < -0.3 is 25.2 Å². The molecule has 21 heavy (non-hydrogen) atoms. The summed E-state index contributed by atoms with van der Waals surface area (Å²) >= 11 is 0. The van der Waals surface area contributed by atoms with Crippen molar-refractivity contribution in [3.05, 3.63) is 0 Å². The average molecular weight is 299 g/mol. The summed E-state index contributed by atoms with van der Waals surface area (Å²) < 4.78 is 11.1. The summed E-state index contributed by atoms with van der Waals surface area (Å²) in [6.07, 6.45) is 4.40. The zero-order valence-electron chi connectivity index (χ0n) is 13.1. The van der Waals surface area contributed by atoms with Crippen LogP contribution in [0.5, 0.6) is 0 Å². The van der Waals surface area contributed by atoms with Crippen LogP contribution < -0.4 is 10.6 Å². The van der Waals surface area contributed by atoms with Crippen LogP contribution in [0.1, 0.15) is 25.7 Å². The minimum absolute atomic E-state index is 0.0366. The van der Waals surface area contributed by atoms with E-state index in [1.54, 1.807) is 7.05 Å². The predicted octanol–water partition coefficient (Wildman–Crippen LogP) is 0.367. The van der Waals surface area contributed by atoms with Crippen molar-refractivity contribution in [3.63, 3.8) is 0 Å². The van der Waals surface area contributed by atoms with E-state index in [4.69, 9.17) is 9.47 Å². The standard InChI is InChI=1S/C15H29N3O3/c1-16-14(17-6-9-20-10-13-2-3-13)18-11-15(4-7-19)5-8-21-12-15/h13,19H,2-12H2,1H3,(H2,16,17,18). The summed E-state index contributed by atoms with van der Waals surface area (Å²) in [5.41, 5.74) is 0.0366. The molecule has 3 N–H and O–H groups in total. The first-order valence-electron chi connectivity index (χ1n) is 7.99. The number of nitrogens with zero attached hydrogens (tertiary/aromatic N) is 1. The molecule has 6 nitrogen and oxygen atoms in total. The highest BCUT2D eigenvalue weighted by Crippen LogP contribution is 2.31. The topological polar surface area (TPSA) is 75.1 Å².